The van der Waals surface area contributed by atoms with Gasteiger partial charge in [0.1, 0.15) is 0 Å². The second kappa shape index (κ2) is 4.96. The second-order valence-electron chi connectivity index (χ2n) is 3.32. The van der Waals surface area contributed by atoms with E-state index in [0.29, 0.717) is 18.8 Å². The van der Waals surface area contributed by atoms with Crippen molar-refractivity contribution in [2.24, 2.45) is 0 Å². The van der Waals surface area contributed by atoms with Gasteiger partial charge in [-0.1, -0.05) is 0 Å². The highest BCUT2D eigenvalue weighted by atomic mass is 32.1. The van der Waals surface area contributed by atoms with Crippen LogP contribution < -0.4 is 5.73 Å². The third-order valence-electron chi connectivity index (χ3n) is 2.06. The predicted molar refractivity (Wildman–Crippen MR) is 63.8 cm³/mol. The largest absolute Gasteiger partial charge is 0.461 e. The molecule has 0 saturated carbocycles. The number of nitrogens with two attached hydrogens (primary N) is 1. The molecule has 6 nitrogen and oxygen atoms in total. The average Bonchev–Trinajstić information content (AvgIpc) is 2.89. The first-order valence-electron chi connectivity index (χ1n) is 5.08. The molecular formula is C10H12N4O2S. The van der Waals surface area contributed by atoms with Gasteiger partial charge in [0.05, 0.1) is 24.3 Å². The normalized spacial score (nSPS) is 10.4. The minimum Gasteiger partial charge on any atom is -0.461 e. The summed E-state index contributed by atoms with van der Waals surface area (Å²) in [6.45, 7) is 2.59. The fourth-order valence-corrected chi connectivity index (χ4v) is 1.94. The van der Waals surface area contributed by atoms with E-state index in [2.05, 4.69) is 10.1 Å². The Kier molecular flexibility index (Phi) is 3.38. The molecule has 0 radical (unpaired) electrons. The lowest BCUT2D eigenvalue weighted by Crippen LogP contribution is -2.08. The number of esters is 1. The van der Waals surface area contributed by atoms with Crippen molar-refractivity contribution >= 4 is 23.0 Å². The van der Waals surface area contributed by atoms with Crippen LogP contribution in [0.2, 0.25) is 0 Å². The summed E-state index contributed by atoms with van der Waals surface area (Å²) in [5.41, 5.74) is 7.94. The van der Waals surface area contributed by atoms with Gasteiger partial charge in [-0.3, -0.25) is 9.67 Å². The molecule has 17 heavy (non-hydrogen) atoms. The van der Waals surface area contributed by atoms with E-state index in [1.54, 1.807) is 29.5 Å². The van der Waals surface area contributed by atoms with Gasteiger partial charge in [-0.2, -0.15) is 5.10 Å². The van der Waals surface area contributed by atoms with E-state index in [1.165, 1.54) is 11.3 Å². The SMILES string of the molecule is CCOC(=O)c1nn(Cc2cncs2)cc1N. The molecule has 2 N–H and O–H groups in total. The van der Waals surface area contributed by atoms with Crippen molar-refractivity contribution in [1.29, 1.82) is 0 Å². The maximum atomic E-state index is 11.5. The summed E-state index contributed by atoms with van der Waals surface area (Å²) in [6.07, 6.45) is 3.37. The zero-order chi connectivity index (χ0) is 12.3. The van der Waals surface area contributed by atoms with Crippen molar-refractivity contribution < 1.29 is 9.53 Å². The maximum absolute atomic E-state index is 11.5. The third kappa shape index (κ3) is 2.62. The number of hydrogen-bond donors (Lipinski definition) is 1. The quantitative estimate of drug-likeness (QED) is 0.825. The molecule has 0 aromatic carbocycles. The molecule has 0 spiro atoms. The van der Waals surface area contributed by atoms with Crippen molar-refractivity contribution in [3.8, 4) is 0 Å². The molecule has 0 atom stereocenters. The smallest absolute Gasteiger partial charge is 0.361 e. The molecule has 0 amide bonds. The molecule has 0 aliphatic heterocycles. The van der Waals surface area contributed by atoms with Crippen LogP contribution in [0.15, 0.2) is 17.9 Å². The number of aromatic nitrogens is 3. The van der Waals surface area contributed by atoms with Gasteiger partial charge < -0.3 is 10.5 Å². The summed E-state index contributed by atoms with van der Waals surface area (Å²) in [5, 5.41) is 4.10. The van der Waals surface area contributed by atoms with Crippen LogP contribution in [-0.4, -0.2) is 27.3 Å². The van der Waals surface area contributed by atoms with E-state index < -0.39 is 5.97 Å². The fourth-order valence-electron chi connectivity index (χ4n) is 1.36. The van der Waals surface area contributed by atoms with Gasteiger partial charge in [-0.05, 0) is 6.92 Å². The Morgan fingerprint density at radius 2 is 2.47 bits per heavy atom. The summed E-state index contributed by atoms with van der Waals surface area (Å²) in [4.78, 5) is 16.5. The maximum Gasteiger partial charge on any atom is 0.361 e. The summed E-state index contributed by atoms with van der Waals surface area (Å²) < 4.78 is 6.46. The lowest BCUT2D eigenvalue weighted by molar-refractivity contribution is 0.0519. The predicted octanol–water partition coefficient (Wildman–Crippen LogP) is 1.15. The van der Waals surface area contributed by atoms with E-state index in [1.807, 2.05) is 0 Å². The lowest BCUT2D eigenvalue weighted by Gasteiger charge is -1.98. The van der Waals surface area contributed by atoms with E-state index >= 15 is 0 Å². The lowest BCUT2D eigenvalue weighted by atomic mass is 10.4. The first-order chi connectivity index (χ1) is 8.20. The monoisotopic (exact) mass is 252 g/mol. The van der Waals surface area contributed by atoms with E-state index in [4.69, 9.17) is 10.5 Å². The molecular weight excluding hydrogens is 240 g/mol. The van der Waals surface area contributed by atoms with Crippen LogP contribution in [0.4, 0.5) is 5.69 Å². The summed E-state index contributed by atoms with van der Waals surface area (Å²) in [7, 11) is 0. The van der Waals surface area contributed by atoms with Gasteiger partial charge in [0, 0.05) is 17.3 Å². The van der Waals surface area contributed by atoms with Gasteiger partial charge >= 0.3 is 5.97 Å². The first-order valence-corrected chi connectivity index (χ1v) is 5.96. The molecule has 2 aromatic rings. The number of carbonyl (C=O) groups is 1. The average molecular weight is 252 g/mol. The molecule has 0 fully saturated rings. The molecule has 2 aromatic heterocycles. The molecule has 90 valence electrons. The molecule has 0 unspecified atom stereocenters. The Morgan fingerprint density at radius 3 is 3.12 bits per heavy atom. The molecule has 0 aliphatic rings. The summed E-state index contributed by atoms with van der Waals surface area (Å²) in [5.74, 6) is -0.493. The highest BCUT2D eigenvalue weighted by molar-refractivity contribution is 7.09. The van der Waals surface area contributed by atoms with E-state index in [0.717, 1.165) is 4.88 Å². The van der Waals surface area contributed by atoms with Crippen molar-refractivity contribution in [3.63, 3.8) is 0 Å². The van der Waals surface area contributed by atoms with Crippen LogP contribution >= 0.6 is 11.3 Å². The zero-order valence-electron chi connectivity index (χ0n) is 9.29. The van der Waals surface area contributed by atoms with Crippen LogP contribution in [0.25, 0.3) is 0 Å². The van der Waals surface area contributed by atoms with Crippen molar-refractivity contribution in [1.82, 2.24) is 14.8 Å². The minimum absolute atomic E-state index is 0.163. The van der Waals surface area contributed by atoms with Crippen LogP contribution in [0, 0.1) is 0 Å². The van der Waals surface area contributed by atoms with Crippen LogP contribution in [0.1, 0.15) is 22.3 Å². The van der Waals surface area contributed by atoms with Crippen molar-refractivity contribution in [2.75, 3.05) is 12.3 Å². The fraction of sp³-hybridized carbons (Fsp3) is 0.300. The number of thiazole rings is 1. The van der Waals surface area contributed by atoms with Gasteiger partial charge in [0.15, 0.2) is 5.69 Å². The Labute approximate surface area is 102 Å². The summed E-state index contributed by atoms with van der Waals surface area (Å²) >= 11 is 1.52. The molecule has 0 bridgehead atoms. The van der Waals surface area contributed by atoms with E-state index in [-0.39, 0.29) is 5.69 Å². The summed E-state index contributed by atoms with van der Waals surface area (Å²) in [6, 6.07) is 0. The Balaban J connectivity index is 2.16. The Bertz CT molecular complexity index is 506. The standard InChI is InChI=1S/C10H12N4O2S/c1-2-16-10(15)9-8(11)5-14(13-9)4-7-3-12-6-17-7/h3,5-6H,2,4,11H2,1H3. The number of hydrogen-bond acceptors (Lipinski definition) is 6. The highest BCUT2D eigenvalue weighted by Crippen LogP contribution is 2.13. The molecule has 2 rings (SSSR count). The number of anilines is 1. The second-order valence-corrected chi connectivity index (χ2v) is 4.29. The molecule has 2 heterocycles. The number of nitrogen functional groups attached to an aromatic ring is 1. The topological polar surface area (TPSA) is 83.0 Å². The van der Waals surface area contributed by atoms with Crippen LogP contribution in [0.5, 0.6) is 0 Å². The number of nitrogens with zero attached hydrogens (tertiary/aromatic N) is 3. The number of carbonyl (C=O) groups excluding carboxylic acids is 1. The number of ether oxygens (including phenoxy) is 1. The first kappa shape index (κ1) is 11.6. The highest BCUT2D eigenvalue weighted by Gasteiger charge is 2.15. The Morgan fingerprint density at radius 1 is 1.65 bits per heavy atom. The molecule has 0 aliphatic carbocycles. The van der Waals surface area contributed by atoms with Crippen LogP contribution in [0.3, 0.4) is 0 Å². The van der Waals surface area contributed by atoms with Crippen LogP contribution in [-0.2, 0) is 11.3 Å². The molecule has 0 saturated heterocycles. The van der Waals surface area contributed by atoms with Gasteiger partial charge in [-0.25, -0.2) is 4.79 Å². The number of rotatable bonds is 4. The minimum atomic E-state index is -0.493. The van der Waals surface area contributed by atoms with E-state index in [9.17, 15) is 4.79 Å². The zero-order valence-corrected chi connectivity index (χ0v) is 10.1. The Hall–Kier alpha value is -1.89. The van der Waals surface area contributed by atoms with Gasteiger partial charge in [0.2, 0.25) is 0 Å². The van der Waals surface area contributed by atoms with Gasteiger partial charge in [-0.15, -0.1) is 11.3 Å². The third-order valence-corrected chi connectivity index (χ3v) is 2.82. The van der Waals surface area contributed by atoms with Crippen molar-refractivity contribution in [2.45, 2.75) is 13.5 Å². The molecule has 7 heteroatoms. The van der Waals surface area contributed by atoms with Gasteiger partial charge in [0.25, 0.3) is 0 Å². The van der Waals surface area contributed by atoms with Crippen molar-refractivity contribution in [3.05, 3.63) is 28.5 Å².